The maximum absolute atomic E-state index is 12.3. The standard InChI is InChI=1S/C14H24N4O/c1-10(2)13(9-18(4)5)17-14(19)11-6-7-16-8-12(11)15-3/h6-8,10,13,15H,9H2,1-5H3,(H,17,19). The minimum atomic E-state index is -0.0627. The monoisotopic (exact) mass is 264 g/mol. The number of aromatic nitrogens is 1. The minimum absolute atomic E-state index is 0.0627. The average Bonchev–Trinajstić information content (AvgIpc) is 2.37. The molecule has 0 spiro atoms. The number of anilines is 1. The van der Waals surface area contributed by atoms with E-state index in [2.05, 4.69) is 34.4 Å². The van der Waals surface area contributed by atoms with Crippen LogP contribution in [-0.2, 0) is 0 Å². The van der Waals surface area contributed by atoms with Gasteiger partial charge in [0.15, 0.2) is 0 Å². The summed E-state index contributed by atoms with van der Waals surface area (Å²) in [6.45, 7) is 5.04. The van der Waals surface area contributed by atoms with E-state index < -0.39 is 0 Å². The molecule has 1 rings (SSSR count). The van der Waals surface area contributed by atoms with Crippen LogP contribution < -0.4 is 10.6 Å². The van der Waals surface area contributed by atoms with Crippen LogP contribution in [0.2, 0.25) is 0 Å². The molecule has 106 valence electrons. The summed E-state index contributed by atoms with van der Waals surface area (Å²) >= 11 is 0. The van der Waals surface area contributed by atoms with Crippen molar-refractivity contribution >= 4 is 11.6 Å². The first-order chi connectivity index (χ1) is 8.95. The third kappa shape index (κ3) is 4.52. The maximum Gasteiger partial charge on any atom is 0.253 e. The number of rotatable bonds is 6. The molecule has 2 N–H and O–H groups in total. The summed E-state index contributed by atoms with van der Waals surface area (Å²) in [5, 5.41) is 6.08. The lowest BCUT2D eigenvalue weighted by molar-refractivity contribution is 0.0917. The lowest BCUT2D eigenvalue weighted by atomic mass is 10.0. The van der Waals surface area contributed by atoms with Crippen LogP contribution in [0.3, 0.4) is 0 Å². The second-order valence-corrected chi connectivity index (χ2v) is 5.26. The van der Waals surface area contributed by atoms with E-state index in [-0.39, 0.29) is 11.9 Å². The van der Waals surface area contributed by atoms with Gasteiger partial charge in [-0.1, -0.05) is 13.8 Å². The molecular formula is C14H24N4O. The fraction of sp³-hybridized carbons (Fsp3) is 0.571. The molecule has 5 nitrogen and oxygen atoms in total. The van der Waals surface area contributed by atoms with Crippen molar-refractivity contribution in [1.82, 2.24) is 15.2 Å². The molecule has 5 heteroatoms. The first kappa shape index (κ1) is 15.4. The molecule has 0 aliphatic carbocycles. The van der Waals surface area contributed by atoms with Crippen molar-refractivity contribution < 1.29 is 4.79 Å². The molecule has 0 bridgehead atoms. The van der Waals surface area contributed by atoms with E-state index in [9.17, 15) is 4.79 Å². The van der Waals surface area contributed by atoms with Crippen LogP contribution in [0.15, 0.2) is 18.5 Å². The van der Waals surface area contributed by atoms with Gasteiger partial charge in [-0.15, -0.1) is 0 Å². The van der Waals surface area contributed by atoms with E-state index in [1.807, 2.05) is 14.1 Å². The highest BCUT2D eigenvalue weighted by molar-refractivity contribution is 5.99. The van der Waals surface area contributed by atoms with Crippen LogP contribution >= 0.6 is 0 Å². The molecule has 1 aromatic rings. The first-order valence-electron chi connectivity index (χ1n) is 6.53. The highest BCUT2D eigenvalue weighted by Gasteiger charge is 2.19. The molecule has 1 atom stereocenters. The SMILES string of the molecule is CNc1cnccc1C(=O)NC(CN(C)C)C(C)C. The molecule has 0 radical (unpaired) electrons. The van der Waals surface area contributed by atoms with Gasteiger partial charge in [-0.25, -0.2) is 0 Å². The van der Waals surface area contributed by atoms with Gasteiger partial charge in [0.25, 0.3) is 5.91 Å². The third-order valence-electron chi connectivity index (χ3n) is 3.02. The van der Waals surface area contributed by atoms with Gasteiger partial charge in [0.1, 0.15) is 0 Å². The Balaban J connectivity index is 2.81. The Labute approximate surface area is 115 Å². The van der Waals surface area contributed by atoms with Crippen LogP contribution in [-0.4, -0.2) is 49.5 Å². The molecular weight excluding hydrogens is 240 g/mol. The van der Waals surface area contributed by atoms with Crippen LogP contribution in [0.4, 0.5) is 5.69 Å². The number of amides is 1. The van der Waals surface area contributed by atoms with Gasteiger partial charge in [0.2, 0.25) is 0 Å². The molecule has 19 heavy (non-hydrogen) atoms. The quantitative estimate of drug-likeness (QED) is 0.816. The lowest BCUT2D eigenvalue weighted by Crippen LogP contribution is -2.45. The average molecular weight is 264 g/mol. The molecule has 1 amide bonds. The lowest BCUT2D eigenvalue weighted by Gasteiger charge is -2.26. The predicted octanol–water partition coefficient (Wildman–Crippen LogP) is 1.44. The highest BCUT2D eigenvalue weighted by Crippen LogP contribution is 2.13. The fourth-order valence-corrected chi connectivity index (χ4v) is 1.85. The van der Waals surface area contributed by atoms with Crippen LogP contribution in [0.25, 0.3) is 0 Å². The van der Waals surface area contributed by atoms with Crippen LogP contribution in [0, 0.1) is 5.92 Å². The molecule has 1 heterocycles. The Morgan fingerprint density at radius 2 is 2.11 bits per heavy atom. The molecule has 1 aromatic heterocycles. The van der Waals surface area contributed by atoms with E-state index in [0.29, 0.717) is 11.5 Å². The molecule has 1 unspecified atom stereocenters. The van der Waals surface area contributed by atoms with Gasteiger partial charge in [0.05, 0.1) is 17.4 Å². The second-order valence-electron chi connectivity index (χ2n) is 5.26. The Morgan fingerprint density at radius 1 is 1.42 bits per heavy atom. The number of hydrogen-bond donors (Lipinski definition) is 2. The zero-order valence-electron chi connectivity index (χ0n) is 12.4. The Bertz CT molecular complexity index is 418. The summed E-state index contributed by atoms with van der Waals surface area (Å²) in [5.74, 6) is 0.318. The van der Waals surface area contributed by atoms with E-state index in [1.54, 1.807) is 25.5 Å². The van der Waals surface area contributed by atoms with Gasteiger partial charge >= 0.3 is 0 Å². The van der Waals surface area contributed by atoms with Crippen LogP contribution in [0.1, 0.15) is 24.2 Å². The smallest absolute Gasteiger partial charge is 0.253 e. The largest absolute Gasteiger partial charge is 0.386 e. The predicted molar refractivity (Wildman–Crippen MR) is 78.4 cm³/mol. The molecule has 0 aromatic carbocycles. The molecule has 0 saturated carbocycles. The number of carbonyl (C=O) groups excluding carboxylic acids is 1. The number of nitrogens with one attached hydrogen (secondary N) is 2. The van der Waals surface area contributed by atoms with E-state index in [0.717, 1.165) is 12.2 Å². The number of nitrogens with zero attached hydrogens (tertiary/aromatic N) is 2. The number of pyridine rings is 1. The van der Waals surface area contributed by atoms with E-state index >= 15 is 0 Å². The Kier molecular flexibility index (Phi) is 5.76. The number of carbonyl (C=O) groups is 1. The summed E-state index contributed by atoms with van der Waals surface area (Å²) in [4.78, 5) is 18.4. The normalized spacial score (nSPS) is 12.6. The van der Waals surface area contributed by atoms with Gasteiger partial charge in [-0.2, -0.15) is 0 Å². The zero-order chi connectivity index (χ0) is 14.4. The van der Waals surface area contributed by atoms with E-state index in [4.69, 9.17) is 0 Å². The van der Waals surface area contributed by atoms with Crippen molar-refractivity contribution in [2.24, 2.45) is 5.92 Å². The van der Waals surface area contributed by atoms with Crippen molar-refractivity contribution in [3.8, 4) is 0 Å². The van der Waals surface area contributed by atoms with E-state index in [1.165, 1.54) is 0 Å². The van der Waals surface area contributed by atoms with Gasteiger partial charge < -0.3 is 15.5 Å². The Hall–Kier alpha value is -1.62. The van der Waals surface area contributed by atoms with Crippen molar-refractivity contribution in [3.63, 3.8) is 0 Å². The van der Waals surface area contributed by atoms with Gasteiger partial charge in [0, 0.05) is 25.8 Å². The number of likely N-dealkylation sites (N-methyl/N-ethyl adjacent to an activating group) is 1. The summed E-state index contributed by atoms with van der Waals surface area (Å²) < 4.78 is 0. The van der Waals surface area contributed by atoms with Crippen molar-refractivity contribution in [2.45, 2.75) is 19.9 Å². The van der Waals surface area contributed by atoms with Crippen molar-refractivity contribution in [2.75, 3.05) is 33.0 Å². The van der Waals surface area contributed by atoms with Crippen molar-refractivity contribution in [3.05, 3.63) is 24.0 Å². The topological polar surface area (TPSA) is 57.3 Å². The molecule has 0 fully saturated rings. The summed E-state index contributed by atoms with van der Waals surface area (Å²) in [6, 6.07) is 1.86. The second kappa shape index (κ2) is 7.09. The first-order valence-corrected chi connectivity index (χ1v) is 6.53. The summed E-state index contributed by atoms with van der Waals surface area (Å²) in [7, 11) is 5.80. The Morgan fingerprint density at radius 3 is 2.63 bits per heavy atom. The number of hydrogen-bond acceptors (Lipinski definition) is 4. The highest BCUT2D eigenvalue weighted by atomic mass is 16.1. The van der Waals surface area contributed by atoms with Gasteiger partial charge in [-0.3, -0.25) is 9.78 Å². The summed E-state index contributed by atoms with van der Waals surface area (Å²) in [6.07, 6.45) is 3.29. The molecule has 0 aliphatic heterocycles. The minimum Gasteiger partial charge on any atom is -0.386 e. The third-order valence-corrected chi connectivity index (χ3v) is 3.02. The summed E-state index contributed by atoms with van der Waals surface area (Å²) in [5.41, 5.74) is 1.37. The molecule has 0 saturated heterocycles. The molecule has 0 aliphatic rings. The van der Waals surface area contributed by atoms with Crippen LogP contribution in [0.5, 0.6) is 0 Å². The van der Waals surface area contributed by atoms with Crippen molar-refractivity contribution in [1.29, 1.82) is 0 Å². The van der Waals surface area contributed by atoms with Gasteiger partial charge in [-0.05, 0) is 26.1 Å². The zero-order valence-corrected chi connectivity index (χ0v) is 12.4. The maximum atomic E-state index is 12.3. The fourth-order valence-electron chi connectivity index (χ4n) is 1.85.